The zero-order chi connectivity index (χ0) is 21.3. The van der Waals surface area contributed by atoms with Crippen LogP contribution in [0.15, 0.2) is 54.6 Å². The van der Waals surface area contributed by atoms with Crippen molar-refractivity contribution >= 4 is 17.5 Å². The Morgan fingerprint density at radius 3 is 2.57 bits per heavy atom. The fraction of sp³-hybridized carbons (Fsp3) is 0.440. The minimum Gasteiger partial charge on any atom is -0.376 e. The molecule has 0 bridgehead atoms. The summed E-state index contributed by atoms with van der Waals surface area (Å²) in [5.74, 6) is 0.349. The fourth-order valence-corrected chi connectivity index (χ4v) is 3.66. The number of rotatable bonds is 9. The normalized spacial score (nSPS) is 15.9. The smallest absolute Gasteiger partial charge is 0.227 e. The lowest BCUT2D eigenvalue weighted by Crippen LogP contribution is -2.33. The van der Waals surface area contributed by atoms with Gasteiger partial charge in [0.2, 0.25) is 11.8 Å². The van der Waals surface area contributed by atoms with Crippen molar-refractivity contribution in [1.82, 2.24) is 5.32 Å². The Hall–Kier alpha value is -2.66. The van der Waals surface area contributed by atoms with Gasteiger partial charge in [-0.2, -0.15) is 0 Å². The molecule has 1 N–H and O–H groups in total. The van der Waals surface area contributed by atoms with Crippen molar-refractivity contribution in [3.63, 3.8) is 0 Å². The second kappa shape index (κ2) is 10.9. The largest absolute Gasteiger partial charge is 0.376 e. The molecule has 0 saturated carbocycles. The fourth-order valence-electron chi connectivity index (χ4n) is 3.66. The molecule has 2 amide bonds. The van der Waals surface area contributed by atoms with Gasteiger partial charge in [0.05, 0.1) is 19.1 Å². The van der Waals surface area contributed by atoms with Crippen LogP contribution in [0.25, 0.3) is 0 Å². The molecule has 0 spiro atoms. The van der Waals surface area contributed by atoms with Crippen molar-refractivity contribution in [3.05, 3.63) is 65.7 Å². The Morgan fingerprint density at radius 2 is 1.87 bits per heavy atom. The average Bonchev–Trinajstić information content (AvgIpc) is 3.24. The summed E-state index contributed by atoms with van der Waals surface area (Å²) in [7, 11) is 0. The maximum atomic E-state index is 13.0. The summed E-state index contributed by atoms with van der Waals surface area (Å²) >= 11 is 0. The standard InChI is InChI=1S/C25H32N2O3/c1-19(2)14-25(29)27(18-20-8-4-3-5-9-20)22-11-6-10-21(15-22)16-24(28)26-17-23-12-7-13-30-23/h3-6,8-11,15,19,23H,7,12-14,16-18H2,1-2H3,(H,26,28). The Kier molecular flexibility index (Phi) is 8.03. The van der Waals surface area contributed by atoms with E-state index in [1.807, 2.05) is 73.3 Å². The molecule has 0 aromatic heterocycles. The number of anilines is 1. The number of nitrogens with one attached hydrogen (secondary N) is 1. The van der Waals surface area contributed by atoms with Crippen molar-refractivity contribution in [2.45, 2.75) is 52.2 Å². The van der Waals surface area contributed by atoms with Crippen molar-refractivity contribution < 1.29 is 14.3 Å². The number of amides is 2. The summed E-state index contributed by atoms with van der Waals surface area (Å²) in [6.07, 6.45) is 2.97. The molecule has 1 fully saturated rings. The topological polar surface area (TPSA) is 58.6 Å². The summed E-state index contributed by atoms with van der Waals surface area (Å²) in [5.41, 5.74) is 2.80. The summed E-state index contributed by atoms with van der Waals surface area (Å²) in [6, 6.07) is 17.7. The van der Waals surface area contributed by atoms with Gasteiger partial charge in [0.1, 0.15) is 0 Å². The lowest BCUT2D eigenvalue weighted by Gasteiger charge is -2.24. The first-order valence-corrected chi connectivity index (χ1v) is 10.8. The van der Waals surface area contributed by atoms with Gasteiger partial charge in [-0.1, -0.05) is 56.3 Å². The number of benzene rings is 2. The highest BCUT2D eigenvalue weighted by molar-refractivity contribution is 5.93. The molecule has 2 aromatic rings. The molecule has 1 saturated heterocycles. The molecule has 5 heteroatoms. The van der Waals surface area contributed by atoms with Crippen molar-refractivity contribution in [3.8, 4) is 0 Å². The molecular formula is C25H32N2O3. The molecule has 160 valence electrons. The van der Waals surface area contributed by atoms with E-state index in [1.54, 1.807) is 0 Å². The first kappa shape index (κ1) is 22.0. The van der Waals surface area contributed by atoms with Crippen LogP contribution in [0.2, 0.25) is 0 Å². The van der Waals surface area contributed by atoms with E-state index < -0.39 is 0 Å². The third-order valence-electron chi connectivity index (χ3n) is 5.21. The van der Waals surface area contributed by atoms with E-state index >= 15 is 0 Å². The number of carbonyl (C=O) groups is 2. The summed E-state index contributed by atoms with van der Waals surface area (Å²) in [4.78, 5) is 27.2. The second-order valence-electron chi connectivity index (χ2n) is 8.35. The number of hydrogen-bond donors (Lipinski definition) is 1. The molecule has 1 aliphatic heterocycles. The Bertz CT molecular complexity index is 829. The van der Waals surface area contributed by atoms with Crippen LogP contribution in [-0.2, 0) is 27.3 Å². The quantitative estimate of drug-likeness (QED) is 0.679. The van der Waals surface area contributed by atoms with E-state index in [0.29, 0.717) is 19.5 Å². The highest BCUT2D eigenvalue weighted by Gasteiger charge is 2.19. The third kappa shape index (κ3) is 6.70. The van der Waals surface area contributed by atoms with Crippen LogP contribution >= 0.6 is 0 Å². The van der Waals surface area contributed by atoms with Crippen molar-refractivity contribution in [1.29, 1.82) is 0 Å². The van der Waals surface area contributed by atoms with Gasteiger partial charge < -0.3 is 15.0 Å². The van der Waals surface area contributed by atoms with Gasteiger partial charge >= 0.3 is 0 Å². The van der Waals surface area contributed by atoms with Gasteiger partial charge in [-0.3, -0.25) is 9.59 Å². The van der Waals surface area contributed by atoms with Gasteiger partial charge in [-0.15, -0.1) is 0 Å². The first-order chi connectivity index (χ1) is 14.5. The highest BCUT2D eigenvalue weighted by Crippen LogP contribution is 2.22. The van der Waals surface area contributed by atoms with E-state index in [-0.39, 0.29) is 30.3 Å². The van der Waals surface area contributed by atoms with Gasteiger partial charge in [0, 0.05) is 25.3 Å². The van der Waals surface area contributed by atoms with E-state index in [4.69, 9.17) is 4.74 Å². The maximum Gasteiger partial charge on any atom is 0.227 e. The zero-order valence-electron chi connectivity index (χ0n) is 18.0. The number of carbonyl (C=O) groups excluding carboxylic acids is 2. The van der Waals surface area contributed by atoms with E-state index in [1.165, 1.54) is 0 Å². The van der Waals surface area contributed by atoms with Crippen LogP contribution in [0.4, 0.5) is 5.69 Å². The van der Waals surface area contributed by atoms with E-state index in [9.17, 15) is 9.59 Å². The minimum absolute atomic E-state index is 0.0224. The van der Waals surface area contributed by atoms with Crippen molar-refractivity contribution in [2.75, 3.05) is 18.1 Å². The number of nitrogens with zero attached hydrogens (tertiary/aromatic N) is 1. The molecule has 3 rings (SSSR count). The zero-order valence-corrected chi connectivity index (χ0v) is 18.0. The molecule has 5 nitrogen and oxygen atoms in total. The lowest BCUT2D eigenvalue weighted by atomic mass is 10.1. The summed E-state index contributed by atoms with van der Waals surface area (Å²) in [6.45, 7) is 5.96. The van der Waals surface area contributed by atoms with E-state index in [2.05, 4.69) is 5.32 Å². The van der Waals surface area contributed by atoms with Crippen molar-refractivity contribution in [2.24, 2.45) is 5.92 Å². The van der Waals surface area contributed by atoms with E-state index in [0.717, 1.165) is 36.3 Å². The number of hydrogen-bond acceptors (Lipinski definition) is 3. The second-order valence-corrected chi connectivity index (χ2v) is 8.35. The Labute approximate surface area is 179 Å². The molecule has 1 aliphatic rings. The molecule has 30 heavy (non-hydrogen) atoms. The monoisotopic (exact) mass is 408 g/mol. The molecule has 1 heterocycles. The van der Waals surface area contributed by atoms with Gasteiger partial charge in [-0.05, 0) is 42.0 Å². The minimum atomic E-state index is -0.0224. The molecule has 0 radical (unpaired) electrons. The van der Waals surface area contributed by atoms with Crippen LogP contribution < -0.4 is 10.2 Å². The molecule has 2 aromatic carbocycles. The SMILES string of the molecule is CC(C)CC(=O)N(Cc1ccccc1)c1cccc(CC(=O)NCC2CCCO2)c1. The summed E-state index contributed by atoms with van der Waals surface area (Å²) in [5, 5.41) is 2.97. The molecular weight excluding hydrogens is 376 g/mol. The summed E-state index contributed by atoms with van der Waals surface area (Å²) < 4.78 is 5.56. The van der Waals surface area contributed by atoms with Crippen LogP contribution in [0, 0.1) is 5.92 Å². The maximum absolute atomic E-state index is 13.0. The lowest BCUT2D eigenvalue weighted by molar-refractivity contribution is -0.121. The van der Waals surface area contributed by atoms with Crippen LogP contribution in [0.3, 0.4) is 0 Å². The van der Waals surface area contributed by atoms with Crippen LogP contribution in [0.1, 0.15) is 44.2 Å². The highest BCUT2D eigenvalue weighted by atomic mass is 16.5. The third-order valence-corrected chi connectivity index (χ3v) is 5.21. The molecule has 0 aliphatic carbocycles. The number of ether oxygens (including phenoxy) is 1. The van der Waals surface area contributed by atoms with Gasteiger partial charge in [0.25, 0.3) is 0 Å². The van der Waals surface area contributed by atoms with Crippen LogP contribution in [0.5, 0.6) is 0 Å². The first-order valence-electron chi connectivity index (χ1n) is 10.8. The van der Waals surface area contributed by atoms with Gasteiger partial charge in [0.15, 0.2) is 0 Å². The molecule has 1 unspecified atom stereocenters. The Balaban J connectivity index is 1.69. The van der Waals surface area contributed by atoms with Crippen LogP contribution in [-0.4, -0.2) is 31.1 Å². The Morgan fingerprint density at radius 1 is 1.10 bits per heavy atom. The average molecular weight is 409 g/mol. The molecule has 1 atom stereocenters. The van der Waals surface area contributed by atoms with Gasteiger partial charge in [-0.25, -0.2) is 0 Å². The predicted octanol–water partition coefficient (Wildman–Crippen LogP) is 4.10. The predicted molar refractivity (Wildman–Crippen MR) is 119 cm³/mol.